The van der Waals surface area contributed by atoms with E-state index in [1.807, 2.05) is 31.3 Å². The molecule has 4 nitrogen and oxygen atoms in total. The molecule has 2 N–H and O–H groups in total. The first-order chi connectivity index (χ1) is 8.28. The Kier molecular flexibility index (Phi) is 4.06. The van der Waals surface area contributed by atoms with Crippen molar-refractivity contribution in [2.45, 2.75) is 23.5 Å². The highest BCUT2D eigenvalue weighted by Crippen LogP contribution is 2.22. The smallest absolute Gasteiger partial charge is 0.194 e. The molecule has 2 aromatic rings. The molecule has 0 atom stereocenters. The quantitative estimate of drug-likeness (QED) is 0.834. The van der Waals surface area contributed by atoms with Gasteiger partial charge in [-0.3, -0.25) is 0 Å². The topological polar surface area (TPSA) is 64.7 Å². The van der Waals surface area contributed by atoms with Crippen molar-refractivity contribution >= 4 is 11.8 Å². The molecule has 0 saturated carbocycles. The van der Waals surface area contributed by atoms with Gasteiger partial charge in [0, 0.05) is 18.1 Å². The van der Waals surface area contributed by atoms with Crippen LogP contribution >= 0.6 is 11.8 Å². The standard InChI is InChI=1S/C12H14N4S/c1-9-5-7-14-12(16-9)17-11-3-2-10(4-6-13)8-15-11/h2-3,5,7-8H,4,6,13H2,1H3. The molecule has 0 aliphatic carbocycles. The number of rotatable bonds is 4. The highest BCUT2D eigenvalue weighted by molar-refractivity contribution is 7.99. The second-order valence-electron chi connectivity index (χ2n) is 3.63. The van der Waals surface area contributed by atoms with E-state index in [4.69, 9.17) is 5.73 Å². The largest absolute Gasteiger partial charge is 0.330 e. The maximum Gasteiger partial charge on any atom is 0.194 e. The maximum atomic E-state index is 5.49. The van der Waals surface area contributed by atoms with E-state index < -0.39 is 0 Å². The number of hydrogen-bond donors (Lipinski definition) is 1. The summed E-state index contributed by atoms with van der Waals surface area (Å²) in [4.78, 5) is 12.9. The summed E-state index contributed by atoms with van der Waals surface area (Å²) in [5.41, 5.74) is 7.60. The molecule has 0 amide bonds. The van der Waals surface area contributed by atoms with Gasteiger partial charge in [-0.15, -0.1) is 0 Å². The number of aromatic nitrogens is 3. The van der Waals surface area contributed by atoms with Gasteiger partial charge in [0.15, 0.2) is 5.16 Å². The first-order valence-corrected chi connectivity index (χ1v) is 6.22. The fraction of sp³-hybridized carbons (Fsp3) is 0.250. The molecule has 0 radical (unpaired) electrons. The van der Waals surface area contributed by atoms with Crippen LogP contribution < -0.4 is 5.73 Å². The molecular formula is C12H14N4S. The van der Waals surface area contributed by atoms with Crippen LogP contribution in [-0.2, 0) is 6.42 Å². The van der Waals surface area contributed by atoms with Gasteiger partial charge >= 0.3 is 0 Å². The second kappa shape index (κ2) is 5.75. The van der Waals surface area contributed by atoms with Gasteiger partial charge in [-0.2, -0.15) is 0 Å². The third kappa shape index (κ3) is 3.51. The van der Waals surface area contributed by atoms with Crippen LogP contribution in [0.25, 0.3) is 0 Å². The van der Waals surface area contributed by atoms with Gasteiger partial charge in [-0.25, -0.2) is 15.0 Å². The Morgan fingerprint density at radius 3 is 2.76 bits per heavy atom. The molecule has 2 heterocycles. The molecule has 0 bridgehead atoms. The van der Waals surface area contributed by atoms with Crippen LogP contribution in [-0.4, -0.2) is 21.5 Å². The number of hydrogen-bond acceptors (Lipinski definition) is 5. The number of nitrogens with two attached hydrogens (primary N) is 1. The van der Waals surface area contributed by atoms with Crippen LogP contribution in [0.4, 0.5) is 0 Å². The summed E-state index contributed by atoms with van der Waals surface area (Å²) in [6, 6.07) is 5.89. The van der Waals surface area contributed by atoms with Gasteiger partial charge in [0.1, 0.15) is 5.03 Å². The minimum absolute atomic E-state index is 0.648. The van der Waals surface area contributed by atoms with Gasteiger partial charge in [-0.05, 0) is 49.3 Å². The lowest BCUT2D eigenvalue weighted by atomic mass is 10.2. The van der Waals surface area contributed by atoms with Crippen LogP contribution in [0.1, 0.15) is 11.3 Å². The molecule has 0 aliphatic rings. The zero-order chi connectivity index (χ0) is 12.1. The normalized spacial score (nSPS) is 10.5. The molecule has 2 aromatic heterocycles. The van der Waals surface area contributed by atoms with Crippen LogP contribution in [0.15, 0.2) is 40.8 Å². The van der Waals surface area contributed by atoms with E-state index in [2.05, 4.69) is 15.0 Å². The summed E-state index contributed by atoms with van der Waals surface area (Å²) in [7, 11) is 0. The number of nitrogens with zero attached hydrogens (tertiary/aromatic N) is 3. The van der Waals surface area contributed by atoms with E-state index in [1.165, 1.54) is 11.8 Å². The maximum absolute atomic E-state index is 5.49. The predicted molar refractivity (Wildman–Crippen MR) is 67.9 cm³/mol. The van der Waals surface area contributed by atoms with E-state index in [9.17, 15) is 0 Å². The van der Waals surface area contributed by atoms with E-state index in [-0.39, 0.29) is 0 Å². The van der Waals surface area contributed by atoms with Crippen molar-refractivity contribution in [3.63, 3.8) is 0 Å². The number of pyridine rings is 1. The van der Waals surface area contributed by atoms with Crippen molar-refractivity contribution in [3.8, 4) is 0 Å². The van der Waals surface area contributed by atoms with Gasteiger partial charge in [-0.1, -0.05) is 6.07 Å². The lowest BCUT2D eigenvalue weighted by Gasteiger charge is -2.01. The lowest BCUT2D eigenvalue weighted by molar-refractivity contribution is 0.921. The minimum atomic E-state index is 0.648. The van der Waals surface area contributed by atoms with Crippen molar-refractivity contribution in [3.05, 3.63) is 41.9 Å². The van der Waals surface area contributed by atoms with E-state index >= 15 is 0 Å². The Labute approximate surface area is 105 Å². The van der Waals surface area contributed by atoms with Crippen molar-refractivity contribution in [1.29, 1.82) is 0 Å². The van der Waals surface area contributed by atoms with Gasteiger partial charge in [0.05, 0.1) is 0 Å². The van der Waals surface area contributed by atoms with E-state index in [0.29, 0.717) is 6.54 Å². The minimum Gasteiger partial charge on any atom is -0.330 e. The molecule has 0 spiro atoms. The Morgan fingerprint density at radius 1 is 1.24 bits per heavy atom. The Morgan fingerprint density at radius 2 is 2.12 bits per heavy atom. The summed E-state index contributed by atoms with van der Waals surface area (Å²) in [5.74, 6) is 0. The van der Waals surface area contributed by atoms with Crippen LogP contribution in [0, 0.1) is 6.92 Å². The zero-order valence-electron chi connectivity index (χ0n) is 9.63. The van der Waals surface area contributed by atoms with Crippen molar-refractivity contribution in [1.82, 2.24) is 15.0 Å². The molecule has 0 saturated heterocycles. The van der Waals surface area contributed by atoms with Crippen LogP contribution in [0.2, 0.25) is 0 Å². The van der Waals surface area contributed by atoms with E-state index in [1.54, 1.807) is 6.20 Å². The summed E-state index contributed by atoms with van der Waals surface area (Å²) in [5, 5.41) is 1.63. The van der Waals surface area contributed by atoms with Crippen molar-refractivity contribution < 1.29 is 0 Å². The highest BCUT2D eigenvalue weighted by atomic mass is 32.2. The average Bonchev–Trinajstić information content (AvgIpc) is 2.32. The van der Waals surface area contributed by atoms with Gasteiger partial charge < -0.3 is 5.73 Å². The monoisotopic (exact) mass is 246 g/mol. The zero-order valence-corrected chi connectivity index (χ0v) is 10.4. The Balaban J connectivity index is 2.08. The van der Waals surface area contributed by atoms with Gasteiger partial charge in [0.25, 0.3) is 0 Å². The average molecular weight is 246 g/mol. The first kappa shape index (κ1) is 12.0. The summed E-state index contributed by atoms with van der Waals surface area (Å²) >= 11 is 1.46. The first-order valence-electron chi connectivity index (χ1n) is 5.40. The third-order valence-corrected chi connectivity index (χ3v) is 3.03. The predicted octanol–water partition coefficient (Wildman–Crippen LogP) is 1.83. The summed E-state index contributed by atoms with van der Waals surface area (Å²) in [6.07, 6.45) is 4.47. The van der Waals surface area contributed by atoms with Crippen molar-refractivity contribution in [2.75, 3.05) is 6.54 Å². The molecule has 0 aliphatic heterocycles. The third-order valence-electron chi connectivity index (χ3n) is 2.20. The van der Waals surface area contributed by atoms with Crippen LogP contribution in [0.3, 0.4) is 0 Å². The van der Waals surface area contributed by atoms with E-state index in [0.717, 1.165) is 27.9 Å². The highest BCUT2D eigenvalue weighted by Gasteiger charge is 2.02. The Hall–Kier alpha value is -1.46. The van der Waals surface area contributed by atoms with Crippen LogP contribution in [0.5, 0.6) is 0 Å². The number of aryl methyl sites for hydroxylation is 1. The summed E-state index contributed by atoms with van der Waals surface area (Å²) < 4.78 is 0. The molecule has 0 aromatic carbocycles. The van der Waals surface area contributed by atoms with Crippen molar-refractivity contribution in [2.24, 2.45) is 5.73 Å². The SMILES string of the molecule is Cc1ccnc(Sc2ccc(CCN)cn2)n1. The fourth-order valence-electron chi connectivity index (χ4n) is 1.35. The molecule has 5 heteroatoms. The lowest BCUT2D eigenvalue weighted by Crippen LogP contribution is -2.02. The van der Waals surface area contributed by atoms with Gasteiger partial charge in [0.2, 0.25) is 0 Å². The molecule has 88 valence electrons. The Bertz CT molecular complexity index is 484. The molecule has 2 rings (SSSR count). The molecule has 0 unspecified atom stereocenters. The molecule has 0 fully saturated rings. The molecule has 17 heavy (non-hydrogen) atoms. The molecular weight excluding hydrogens is 232 g/mol. The second-order valence-corrected chi connectivity index (χ2v) is 4.61. The fourth-order valence-corrected chi connectivity index (χ4v) is 2.09. The summed E-state index contributed by atoms with van der Waals surface area (Å²) in [6.45, 7) is 2.60.